The Kier molecular flexibility index (Phi) is 8.03. The van der Waals surface area contributed by atoms with Gasteiger partial charge in [-0.2, -0.15) is 0 Å². The number of hydrogen-bond acceptors (Lipinski definition) is 3. The molecule has 0 amide bonds. The summed E-state index contributed by atoms with van der Waals surface area (Å²) in [6.07, 6.45) is 14.9. The van der Waals surface area contributed by atoms with Crippen LogP contribution in [0.4, 0.5) is 0 Å². The molecule has 0 saturated carbocycles. The molecule has 0 spiro atoms. The largest absolute Gasteiger partial charge is 0.478 e. The van der Waals surface area contributed by atoms with Crippen LogP contribution < -0.4 is 0 Å². The van der Waals surface area contributed by atoms with E-state index < -0.39 is 11.9 Å². The molecule has 4 rings (SSSR count). The highest BCUT2D eigenvalue weighted by Crippen LogP contribution is 2.41. The minimum absolute atomic E-state index is 0.558. The Labute approximate surface area is 178 Å². The van der Waals surface area contributed by atoms with Gasteiger partial charge in [0.05, 0.1) is 0 Å². The quantitative estimate of drug-likeness (QED) is 0.551. The van der Waals surface area contributed by atoms with Gasteiger partial charge in [0.1, 0.15) is 0 Å². The summed E-state index contributed by atoms with van der Waals surface area (Å²) >= 11 is 0. The standard InChI is InChI=1S/C21H27N.C4H4O4/c1-3-9-19-17(7-1)11-12-18-8-2-4-10-20(18)21(19)13-16-22-14-5-6-15-22;5-3(6)1-2-4(7)8/h1-4,7,9,21H,5-6,8,10-16H2;1-2H,(H,5,6)(H,7,8). The Morgan fingerprint density at radius 2 is 1.63 bits per heavy atom. The van der Waals surface area contributed by atoms with Crippen LogP contribution in [-0.4, -0.2) is 46.7 Å². The van der Waals surface area contributed by atoms with Gasteiger partial charge in [0.2, 0.25) is 0 Å². The third kappa shape index (κ3) is 6.17. The molecule has 0 bridgehead atoms. The summed E-state index contributed by atoms with van der Waals surface area (Å²) in [5.74, 6) is -1.85. The average Bonchev–Trinajstić information content (AvgIpc) is 3.21. The third-order valence-corrected chi connectivity index (χ3v) is 6.17. The zero-order valence-electron chi connectivity index (χ0n) is 17.4. The fourth-order valence-electron chi connectivity index (χ4n) is 4.73. The van der Waals surface area contributed by atoms with E-state index in [0.717, 1.165) is 0 Å². The molecule has 2 N–H and O–H groups in total. The summed E-state index contributed by atoms with van der Waals surface area (Å²) in [6, 6.07) is 9.23. The predicted molar refractivity (Wildman–Crippen MR) is 118 cm³/mol. The van der Waals surface area contributed by atoms with Crippen LogP contribution in [0, 0.1) is 0 Å². The monoisotopic (exact) mass is 409 g/mol. The summed E-state index contributed by atoms with van der Waals surface area (Å²) in [5, 5.41) is 15.6. The van der Waals surface area contributed by atoms with Crippen LogP contribution in [0.3, 0.4) is 0 Å². The van der Waals surface area contributed by atoms with E-state index in [4.69, 9.17) is 10.2 Å². The number of likely N-dealkylation sites (tertiary alicyclic amines) is 1. The molecule has 1 aromatic rings. The Bertz CT molecular complexity index is 830. The molecule has 1 unspecified atom stereocenters. The zero-order chi connectivity index (χ0) is 21.3. The van der Waals surface area contributed by atoms with E-state index >= 15 is 0 Å². The van der Waals surface area contributed by atoms with E-state index in [1.54, 1.807) is 22.3 Å². The van der Waals surface area contributed by atoms with E-state index in [2.05, 4.69) is 41.3 Å². The number of rotatable bonds is 5. The van der Waals surface area contributed by atoms with Gasteiger partial charge in [0.15, 0.2) is 0 Å². The molecule has 1 atom stereocenters. The summed E-state index contributed by atoms with van der Waals surface area (Å²) in [6.45, 7) is 3.92. The molecule has 1 fully saturated rings. The smallest absolute Gasteiger partial charge is 0.328 e. The summed E-state index contributed by atoms with van der Waals surface area (Å²) in [7, 11) is 0. The van der Waals surface area contributed by atoms with E-state index in [0.29, 0.717) is 18.1 Å². The van der Waals surface area contributed by atoms with Gasteiger partial charge in [0, 0.05) is 18.1 Å². The van der Waals surface area contributed by atoms with Crippen molar-refractivity contribution < 1.29 is 19.8 Å². The molecule has 2 aliphatic carbocycles. The first-order chi connectivity index (χ1) is 14.5. The summed E-state index contributed by atoms with van der Waals surface area (Å²) in [5.41, 5.74) is 6.72. The third-order valence-electron chi connectivity index (χ3n) is 6.17. The van der Waals surface area contributed by atoms with E-state index in [1.165, 1.54) is 64.6 Å². The van der Waals surface area contributed by atoms with Crippen molar-refractivity contribution in [2.45, 2.75) is 50.9 Å². The number of benzene rings is 1. The number of carbonyl (C=O) groups is 2. The Hall–Kier alpha value is -2.66. The van der Waals surface area contributed by atoms with Gasteiger partial charge in [-0.1, -0.05) is 47.6 Å². The number of carboxylic acid groups (broad SMARTS) is 2. The molecule has 5 nitrogen and oxygen atoms in total. The molecule has 160 valence electrons. The topological polar surface area (TPSA) is 77.8 Å². The molecule has 5 heteroatoms. The van der Waals surface area contributed by atoms with Crippen molar-refractivity contribution in [2.24, 2.45) is 0 Å². The molecular weight excluding hydrogens is 378 g/mol. The van der Waals surface area contributed by atoms with Gasteiger partial charge in [-0.15, -0.1) is 0 Å². The van der Waals surface area contributed by atoms with Crippen molar-refractivity contribution in [3.63, 3.8) is 0 Å². The van der Waals surface area contributed by atoms with Crippen molar-refractivity contribution in [3.8, 4) is 0 Å². The molecule has 1 aromatic carbocycles. The van der Waals surface area contributed by atoms with Crippen LogP contribution in [0.15, 0.2) is 59.7 Å². The van der Waals surface area contributed by atoms with Crippen molar-refractivity contribution in [1.29, 1.82) is 0 Å². The van der Waals surface area contributed by atoms with Crippen LogP contribution >= 0.6 is 0 Å². The highest BCUT2D eigenvalue weighted by Gasteiger charge is 2.26. The van der Waals surface area contributed by atoms with Gasteiger partial charge in [0.25, 0.3) is 0 Å². The van der Waals surface area contributed by atoms with Gasteiger partial charge in [-0.25, -0.2) is 9.59 Å². The first kappa shape index (κ1) is 22.0. The molecular formula is C25H31NO4. The number of aliphatic carboxylic acids is 2. The van der Waals surface area contributed by atoms with E-state index in [9.17, 15) is 9.59 Å². The maximum absolute atomic E-state index is 9.55. The molecule has 1 saturated heterocycles. The van der Waals surface area contributed by atoms with Gasteiger partial charge in [-0.3, -0.25) is 0 Å². The van der Waals surface area contributed by atoms with E-state index in [1.807, 2.05) is 0 Å². The molecule has 0 radical (unpaired) electrons. The van der Waals surface area contributed by atoms with Crippen LogP contribution in [0.2, 0.25) is 0 Å². The average molecular weight is 410 g/mol. The predicted octanol–water partition coefficient (Wildman–Crippen LogP) is 4.56. The molecule has 0 aromatic heterocycles. The second-order valence-electron chi connectivity index (χ2n) is 8.11. The van der Waals surface area contributed by atoms with Crippen LogP contribution in [-0.2, 0) is 16.0 Å². The summed E-state index contributed by atoms with van der Waals surface area (Å²) < 4.78 is 0. The fraction of sp³-hybridized carbons (Fsp3) is 0.440. The van der Waals surface area contributed by atoms with E-state index in [-0.39, 0.29) is 0 Å². The number of aryl methyl sites for hydroxylation is 1. The van der Waals surface area contributed by atoms with Crippen LogP contribution in [0.1, 0.15) is 55.6 Å². The Balaban J connectivity index is 0.000000275. The number of nitrogens with zero attached hydrogens (tertiary/aromatic N) is 1. The second-order valence-corrected chi connectivity index (χ2v) is 8.11. The normalized spacial score (nSPS) is 20.9. The SMILES string of the molecule is C1=CCC2=C(C1)CCc1ccccc1C2CCN1CCCC1.O=C(O)C=CC(=O)O. The minimum atomic E-state index is -1.26. The Morgan fingerprint density at radius 3 is 2.33 bits per heavy atom. The van der Waals surface area contributed by atoms with Crippen LogP contribution in [0.25, 0.3) is 0 Å². The van der Waals surface area contributed by atoms with Crippen LogP contribution in [0.5, 0.6) is 0 Å². The molecule has 3 aliphatic rings. The first-order valence-corrected chi connectivity index (χ1v) is 10.8. The van der Waals surface area contributed by atoms with Gasteiger partial charge < -0.3 is 15.1 Å². The Morgan fingerprint density at radius 1 is 0.967 bits per heavy atom. The first-order valence-electron chi connectivity index (χ1n) is 10.8. The molecule has 1 aliphatic heterocycles. The zero-order valence-corrected chi connectivity index (χ0v) is 17.4. The van der Waals surface area contributed by atoms with Gasteiger partial charge in [-0.05, 0) is 75.7 Å². The second kappa shape index (κ2) is 10.9. The van der Waals surface area contributed by atoms with Crippen molar-refractivity contribution in [2.75, 3.05) is 19.6 Å². The highest BCUT2D eigenvalue weighted by molar-refractivity contribution is 5.89. The lowest BCUT2D eigenvalue weighted by Crippen LogP contribution is -2.23. The number of carboxylic acids is 2. The number of fused-ring (bicyclic) bond motifs is 1. The molecule has 1 heterocycles. The lowest BCUT2D eigenvalue weighted by atomic mass is 9.81. The lowest BCUT2D eigenvalue weighted by Gasteiger charge is -2.26. The van der Waals surface area contributed by atoms with Crippen molar-refractivity contribution in [1.82, 2.24) is 4.90 Å². The maximum atomic E-state index is 9.55. The number of allylic oxidation sites excluding steroid dienone is 4. The van der Waals surface area contributed by atoms with Crippen molar-refractivity contribution in [3.05, 3.63) is 70.8 Å². The van der Waals surface area contributed by atoms with Gasteiger partial charge >= 0.3 is 11.9 Å². The molecule has 30 heavy (non-hydrogen) atoms. The van der Waals surface area contributed by atoms with Crippen molar-refractivity contribution >= 4 is 11.9 Å². The highest BCUT2D eigenvalue weighted by atomic mass is 16.4. The number of hydrogen-bond donors (Lipinski definition) is 2. The lowest BCUT2D eigenvalue weighted by molar-refractivity contribution is -0.134. The maximum Gasteiger partial charge on any atom is 0.328 e. The minimum Gasteiger partial charge on any atom is -0.478 e. The fourth-order valence-corrected chi connectivity index (χ4v) is 4.73. The summed E-state index contributed by atoms with van der Waals surface area (Å²) in [4.78, 5) is 21.8.